The van der Waals surface area contributed by atoms with Crippen LogP contribution in [-0.4, -0.2) is 66.9 Å². The monoisotopic (exact) mass is 600 g/mol. The van der Waals surface area contributed by atoms with E-state index in [1.165, 1.54) is 11.8 Å². The van der Waals surface area contributed by atoms with Gasteiger partial charge >= 0.3 is 17.9 Å². The Bertz CT molecular complexity index is 1180. The fraction of sp³-hybridized carbons (Fsp3) is 0.625. The average molecular weight is 601 g/mol. The van der Waals surface area contributed by atoms with Crippen LogP contribution in [0.3, 0.4) is 0 Å². The highest BCUT2D eigenvalue weighted by Crippen LogP contribution is 2.46. The molecule has 2 N–H and O–H groups in total. The first-order chi connectivity index (χ1) is 20.6. The number of nitrogens with zero attached hydrogens (tertiary/aromatic N) is 1. The van der Waals surface area contributed by atoms with Crippen molar-refractivity contribution in [1.82, 2.24) is 5.32 Å². The van der Waals surface area contributed by atoms with Crippen LogP contribution in [0.15, 0.2) is 24.3 Å². The minimum atomic E-state index is -1.11. The van der Waals surface area contributed by atoms with Crippen molar-refractivity contribution in [2.75, 3.05) is 31.2 Å². The van der Waals surface area contributed by atoms with Crippen LogP contribution in [0, 0.1) is 17.3 Å². The number of benzene rings is 1. The topological polar surface area (TPSA) is 156 Å². The maximum Gasteiger partial charge on any atom is 0.323 e. The SMILES string of the molecule is CCOC(=O)C(CC(=O)NCCCOC(C)=O)CC1(C(=O)CCC2CCc3ccccc3N(CC(=O)O)C2=O)CCCC1. The van der Waals surface area contributed by atoms with E-state index in [0.717, 1.165) is 18.4 Å². The van der Waals surface area contributed by atoms with Crippen molar-refractivity contribution in [1.29, 1.82) is 0 Å². The number of hydrogen-bond donors (Lipinski definition) is 2. The highest BCUT2D eigenvalue weighted by molar-refractivity contribution is 6.00. The Balaban J connectivity index is 1.68. The molecule has 1 fully saturated rings. The zero-order valence-corrected chi connectivity index (χ0v) is 25.2. The van der Waals surface area contributed by atoms with Crippen molar-refractivity contribution in [3.63, 3.8) is 0 Å². The number of anilines is 1. The number of Topliss-reactive ketones (excluding diaryl/α,β-unsaturated/α-hetero) is 1. The molecule has 2 amide bonds. The number of amides is 2. The molecule has 236 valence electrons. The van der Waals surface area contributed by atoms with Crippen LogP contribution in [0.25, 0.3) is 0 Å². The molecule has 11 heteroatoms. The van der Waals surface area contributed by atoms with Crippen molar-refractivity contribution >= 4 is 41.2 Å². The number of fused-ring (bicyclic) bond motifs is 1. The molecule has 1 heterocycles. The van der Waals surface area contributed by atoms with Crippen LogP contribution in [0.5, 0.6) is 0 Å². The van der Waals surface area contributed by atoms with E-state index in [9.17, 15) is 33.9 Å². The van der Waals surface area contributed by atoms with E-state index in [0.29, 0.717) is 37.8 Å². The van der Waals surface area contributed by atoms with Crippen LogP contribution in [0.4, 0.5) is 5.69 Å². The largest absolute Gasteiger partial charge is 0.480 e. The second-order valence-electron chi connectivity index (χ2n) is 11.5. The zero-order chi connectivity index (χ0) is 31.4. The minimum Gasteiger partial charge on any atom is -0.480 e. The maximum atomic E-state index is 13.9. The van der Waals surface area contributed by atoms with Gasteiger partial charge in [-0.3, -0.25) is 28.8 Å². The normalized spacial score (nSPS) is 18.2. The van der Waals surface area contributed by atoms with Crippen LogP contribution in [-0.2, 0) is 44.7 Å². The average Bonchev–Trinajstić information content (AvgIpc) is 3.40. The number of carbonyl (C=O) groups is 6. The summed E-state index contributed by atoms with van der Waals surface area (Å²) in [5, 5.41) is 12.2. The standard InChI is InChI=1S/C32H44N2O9/c1-3-42-31(41)25(19-28(37)33-17-8-18-43-22(2)35)20-32(15-6-7-16-32)27(36)14-13-24-12-11-23-9-4-5-10-26(23)34(30(24)40)21-29(38)39/h4-5,9-10,24-25H,3,6-8,11-21H2,1-2H3,(H,33,37)(H,38,39). The Kier molecular flexibility index (Phi) is 12.7. The molecule has 1 aromatic carbocycles. The fourth-order valence-corrected chi connectivity index (χ4v) is 6.35. The first-order valence-electron chi connectivity index (χ1n) is 15.3. The molecule has 2 aliphatic rings. The molecule has 0 saturated heterocycles. The number of ketones is 1. The second kappa shape index (κ2) is 16.2. The number of carbonyl (C=O) groups excluding carboxylic acids is 5. The smallest absolute Gasteiger partial charge is 0.323 e. The fourth-order valence-electron chi connectivity index (χ4n) is 6.35. The molecule has 0 aromatic heterocycles. The number of esters is 2. The summed E-state index contributed by atoms with van der Waals surface area (Å²) in [6.45, 7) is 3.17. The van der Waals surface area contributed by atoms with Crippen molar-refractivity contribution < 1.29 is 43.3 Å². The van der Waals surface area contributed by atoms with Gasteiger partial charge < -0.3 is 24.8 Å². The minimum absolute atomic E-state index is 0.0274. The molecule has 43 heavy (non-hydrogen) atoms. The zero-order valence-electron chi connectivity index (χ0n) is 25.2. The quantitative estimate of drug-likeness (QED) is 0.214. The Labute approximate surface area is 252 Å². The molecular weight excluding hydrogens is 556 g/mol. The van der Waals surface area contributed by atoms with Crippen molar-refractivity contribution in [3.8, 4) is 0 Å². The van der Waals surface area contributed by atoms with Crippen molar-refractivity contribution in [2.24, 2.45) is 17.3 Å². The second-order valence-corrected chi connectivity index (χ2v) is 11.5. The molecule has 1 aliphatic heterocycles. The van der Waals surface area contributed by atoms with E-state index in [1.807, 2.05) is 12.1 Å². The summed E-state index contributed by atoms with van der Waals surface area (Å²) in [5.74, 6) is -3.99. The third-order valence-electron chi connectivity index (χ3n) is 8.46. The van der Waals surface area contributed by atoms with Gasteiger partial charge in [-0.05, 0) is 63.5 Å². The van der Waals surface area contributed by atoms with E-state index >= 15 is 0 Å². The predicted molar refractivity (Wildman–Crippen MR) is 157 cm³/mol. The lowest BCUT2D eigenvalue weighted by atomic mass is 9.72. The van der Waals surface area contributed by atoms with E-state index < -0.39 is 41.7 Å². The van der Waals surface area contributed by atoms with Gasteiger partial charge in [-0.2, -0.15) is 0 Å². The van der Waals surface area contributed by atoms with Crippen LogP contribution in [0.1, 0.15) is 83.6 Å². The summed E-state index contributed by atoms with van der Waals surface area (Å²) in [6, 6.07) is 7.28. The molecular formula is C32H44N2O9. The van der Waals surface area contributed by atoms with Gasteiger partial charge in [-0.25, -0.2) is 0 Å². The summed E-state index contributed by atoms with van der Waals surface area (Å²) in [4.78, 5) is 76.8. The summed E-state index contributed by atoms with van der Waals surface area (Å²) in [7, 11) is 0. The van der Waals surface area contributed by atoms with Crippen LogP contribution in [0.2, 0.25) is 0 Å². The highest BCUT2D eigenvalue weighted by atomic mass is 16.5. The van der Waals surface area contributed by atoms with Gasteiger partial charge in [0.1, 0.15) is 12.3 Å². The molecule has 1 saturated carbocycles. The van der Waals surface area contributed by atoms with Gasteiger partial charge in [0, 0.05) is 43.3 Å². The van der Waals surface area contributed by atoms with Gasteiger partial charge in [-0.15, -0.1) is 0 Å². The molecule has 11 nitrogen and oxygen atoms in total. The molecule has 0 spiro atoms. The van der Waals surface area contributed by atoms with Crippen molar-refractivity contribution in [2.45, 2.75) is 84.5 Å². The van der Waals surface area contributed by atoms with E-state index in [-0.39, 0.29) is 63.0 Å². The van der Waals surface area contributed by atoms with E-state index in [1.54, 1.807) is 19.1 Å². The van der Waals surface area contributed by atoms with Crippen LogP contribution < -0.4 is 10.2 Å². The van der Waals surface area contributed by atoms with Crippen molar-refractivity contribution in [3.05, 3.63) is 29.8 Å². The lowest BCUT2D eigenvalue weighted by molar-refractivity contribution is -0.152. The van der Waals surface area contributed by atoms with Gasteiger partial charge in [-0.1, -0.05) is 31.0 Å². The summed E-state index contributed by atoms with van der Waals surface area (Å²) in [5.41, 5.74) is 0.711. The summed E-state index contributed by atoms with van der Waals surface area (Å²) < 4.78 is 10.2. The molecule has 0 radical (unpaired) electrons. The number of carboxylic acids is 1. The summed E-state index contributed by atoms with van der Waals surface area (Å²) in [6.07, 6.45) is 4.89. The number of nitrogens with one attached hydrogen (secondary N) is 1. The number of ether oxygens (including phenoxy) is 2. The highest BCUT2D eigenvalue weighted by Gasteiger charge is 2.44. The molecule has 1 aliphatic carbocycles. The molecule has 1 aromatic rings. The lowest BCUT2D eigenvalue weighted by Crippen LogP contribution is -2.40. The number of rotatable bonds is 16. The molecule has 2 unspecified atom stereocenters. The number of aliphatic carboxylic acids is 1. The first kappa shape index (κ1) is 33.7. The molecule has 2 atom stereocenters. The Morgan fingerprint density at radius 1 is 1.12 bits per heavy atom. The third kappa shape index (κ3) is 9.62. The third-order valence-corrected chi connectivity index (χ3v) is 8.46. The van der Waals surface area contributed by atoms with Gasteiger partial charge in [0.05, 0.1) is 19.1 Å². The number of para-hydroxylation sites is 1. The predicted octanol–water partition coefficient (Wildman–Crippen LogP) is 3.61. The van der Waals surface area contributed by atoms with E-state index in [2.05, 4.69) is 5.32 Å². The van der Waals surface area contributed by atoms with Gasteiger partial charge in [0.15, 0.2) is 0 Å². The lowest BCUT2D eigenvalue weighted by Gasteiger charge is -2.31. The number of hydrogen-bond acceptors (Lipinski definition) is 8. The molecule has 3 rings (SSSR count). The Morgan fingerprint density at radius 3 is 2.51 bits per heavy atom. The molecule has 0 bridgehead atoms. The first-order valence-corrected chi connectivity index (χ1v) is 15.3. The Hall–Kier alpha value is -3.76. The Morgan fingerprint density at radius 2 is 1.84 bits per heavy atom. The summed E-state index contributed by atoms with van der Waals surface area (Å²) >= 11 is 0. The number of aryl methyl sites for hydroxylation is 1. The number of carboxylic acid groups (broad SMARTS) is 1. The van der Waals surface area contributed by atoms with Gasteiger partial charge in [0.25, 0.3) is 0 Å². The maximum absolute atomic E-state index is 13.9. The van der Waals surface area contributed by atoms with Crippen LogP contribution >= 0.6 is 0 Å². The van der Waals surface area contributed by atoms with Gasteiger partial charge in [0.2, 0.25) is 11.8 Å². The van der Waals surface area contributed by atoms with E-state index in [4.69, 9.17) is 9.47 Å².